The fourth-order valence-electron chi connectivity index (χ4n) is 4.43. The van der Waals surface area contributed by atoms with E-state index in [-0.39, 0.29) is 11.9 Å². The predicted molar refractivity (Wildman–Crippen MR) is 118 cm³/mol. The average molecular weight is 404 g/mol. The number of fused-ring (bicyclic) bond motifs is 1. The third kappa shape index (κ3) is 4.25. The van der Waals surface area contributed by atoms with E-state index >= 15 is 0 Å². The number of amides is 1. The Hall–Kier alpha value is -3.08. The number of hydrogen-bond donors (Lipinski definition) is 1. The number of carbonyl (C=O) groups is 1. The van der Waals surface area contributed by atoms with Crippen molar-refractivity contribution in [1.82, 2.24) is 15.1 Å². The number of benzene rings is 2. The zero-order valence-corrected chi connectivity index (χ0v) is 17.9. The number of nitrogens with one attached hydrogen (secondary N) is 1. The molecule has 1 aromatic heterocycles. The van der Waals surface area contributed by atoms with E-state index in [0.29, 0.717) is 12.8 Å². The molecule has 0 bridgehead atoms. The van der Waals surface area contributed by atoms with E-state index in [1.807, 2.05) is 35.1 Å². The monoisotopic (exact) mass is 403 g/mol. The Morgan fingerprint density at radius 1 is 1.20 bits per heavy atom. The average Bonchev–Trinajstić information content (AvgIpc) is 3.17. The second kappa shape index (κ2) is 8.74. The first-order valence-electron chi connectivity index (χ1n) is 10.6. The summed E-state index contributed by atoms with van der Waals surface area (Å²) in [4.78, 5) is 12.7. The highest BCUT2D eigenvalue weighted by molar-refractivity contribution is 5.77. The zero-order valence-electron chi connectivity index (χ0n) is 17.9. The van der Waals surface area contributed by atoms with Crippen molar-refractivity contribution in [2.75, 3.05) is 7.11 Å². The molecule has 0 radical (unpaired) electrons. The summed E-state index contributed by atoms with van der Waals surface area (Å²) in [6.45, 7) is 4.22. The lowest BCUT2D eigenvalue weighted by molar-refractivity contribution is -0.121. The Balaban J connectivity index is 1.47. The van der Waals surface area contributed by atoms with Crippen LogP contribution in [0.4, 0.5) is 0 Å². The first kappa shape index (κ1) is 20.2. The zero-order chi connectivity index (χ0) is 21.1. The van der Waals surface area contributed by atoms with Crippen LogP contribution in [-0.2, 0) is 17.6 Å². The van der Waals surface area contributed by atoms with E-state index in [2.05, 4.69) is 42.5 Å². The maximum Gasteiger partial charge on any atom is 0.220 e. The van der Waals surface area contributed by atoms with Gasteiger partial charge in [0.05, 0.1) is 25.0 Å². The Kier molecular flexibility index (Phi) is 5.88. The topological polar surface area (TPSA) is 56.1 Å². The lowest BCUT2D eigenvalue weighted by atomic mass is 9.92. The molecular weight excluding hydrogens is 374 g/mol. The van der Waals surface area contributed by atoms with Crippen LogP contribution in [0.25, 0.3) is 5.69 Å². The molecule has 1 aliphatic rings. The van der Waals surface area contributed by atoms with Crippen LogP contribution >= 0.6 is 0 Å². The molecule has 156 valence electrons. The second-order valence-electron chi connectivity index (χ2n) is 8.13. The quantitative estimate of drug-likeness (QED) is 0.653. The van der Waals surface area contributed by atoms with Crippen LogP contribution in [0.1, 0.15) is 53.3 Å². The van der Waals surface area contributed by atoms with E-state index in [9.17, 15) is 4.79 Å². The summed E-state index contributed by atoms with van der Waals surface area (Å²) in [6.07, 6.45) is 6.01. The summed E-state index contributed by atoms with van der Waals surface area (Å²) >= 11 is 0. The number of ether oxygens (including phenoxy) is 1. The largest absolute Gasteiger partial charge is 0.496 e. The van der Waals surface area contributed by atoms with Crippen LogP contribution in [0.15, 0.2) is 48.7 Å². The van der Waals surface area contributed by atoms with Gasteiger partial charge >= 0.3 is 0 Å². The number of nitrogens with zero attached hydrogens (tertiary/aromatic N) is 2. The molecule has 30 heavy (non-hydrogen) atoms. The van der Waals surface area contributed by atoms with E-state index in [1.54, 1.807) is 7.11 Å². The van der Waals surface area contributed by atoms with E-state index in [1.165, 1.54) is 16.8 Å². The Labute approximate surface area is 178 Å². The summed E-state index contributed by atoms with van der Waals surface area (Å²) < 4.78 is 7.44. The minimum atomic E-state index is 0.0265. The minimum absolute atomic E-state index is 0.0265. The highest BCUT2D eigenvalue weighted by Crippen LogP contribution is 2.31. The van der Waals surface area contributed by atoms with Gasteiger partial charge in [-0.05, 0) is 74.4 Å². The third-order valence-electron chi connectivity index (χ3n) is 5.78. The van der Waals surface area contributed by atoms with Crippen molar-refractivity contribution in [3.05, 3.63) is 76.6 Å². The highest BCUT2D eigenvalue weighted by atomic mass is 16.5. The molecule has 0 saturated carbocycles. The van der Waals surface area contributed by atoms with Crippen molar-refractivity contribution >= 4 is 5.91 Å². The van der Waals surface area contributed by atoms with Gasteiger partial charge in [0.15, 0.2) is 0 Å². The number of carbonyl (C=O) groups excluding carboxylic acids is 1. The van der Waals surface area contributed by atoms with E-state index in [4.69, 9.17) is 4.74 Å². The van der Waals surface area contributed by atoms with Crippen LogP contribution in [0, 0.1) is 13.8 Å². The van der Waals surface area contributed by atoms with Crippen molar-refractivity contribution in [3.8, 4) is 11.4 Å². The van der Waals surface area contributed by atoms with E-state index in [0.717, 1.165) is 41.8 Å². The summed E-state index contributed by atoms with van der Waals surface area (Å²) in [5.74, 6) is 0.901. The molecule has 4 rings (SSSR count). The summed E-state index contributed by atoms with van der Waals surface area (Å²) in [7, 11) is 1.66. The Bertz CT molecular complexity index is 1030. The minimum Gasteiger partial charge on any atom is -0.496 e. The highest BCUT2D eigenvalue weighted by Gasteiger charge is 2.26. The van der Waals surface area contributed by atoms with Gasteiger partial charge in [0, 0.05) is 17.7 Å². The molecule has 0 fully saturated rings. The lowest BCUT2D eigenvalue weighted by Crippen LogP contribution is -2.31. The fraction of sp³-hybridized carbons (Fsp3) is 0.360. The van der Waals surface area contributed by atoms with Crippen molar-refractivity contribution < 1.29 is 9.53 Å². The van der Waals surface area contributed by atoms with Gasteiger partial charge in [-0.2, -0.15) is 5.10 Å². The van der Waals surface area contributed by atoms with Crippen molar-refractivity contribution in [1.29, 1.82) is 0 Å². The Morgan fingerprint density at radius 2 is 1.97 bits per heavy atom. The first-order chi connectivity index (χ1) is 14.5. The van der Waals surface area contributed by atoms with Crippen LogP contribution < -0.4 is 10.1 Å². The number of aryl methyl sites for hydroxylation is 3. The molecule has 1 unspecified atom stereocenters. The maximum atomic E-state index is 12.7. The van der Waals surface area contributed by atoms with Crippen LogP contribution in [0.2, 0.25) is 0 Å². The summed E-state index contributed by atoms with van der Waals surface area (Å²) in [5, 5.41) is 7.91. The van der Waals surface area contributed by atoms with Gasteiger partial charge < -0.3 is 10.1 Å². The number of para-hydroxylation sites is 1. The van der Waals surface area contributed by atoms with Gasteiger partial charge in [0.1, 0.15) is 5.75 Å². The SMILES string of the molecule is COc1ccccc1CCC(=O)NC1CCCc2c1cnn2-c1cc(C)cc(C)c1. The smallest absolute Gasteiger partial charge is 0.220 e. The van der Waals surface area contributed by atoms with Crippen molar-refractivity contribution in [2.24, 2.45) is 0 Å². The summed E-state index contributed by atoms with van der Waals surface area (Å²) in [6, 6.07) is 14.4. The number of hydrogen-bond acceptors (Lipinski definition) is 3. The molecule has 2 aromatic carbocycles. The first-order valence-corrected chi connectivity index (χ1v) is 10.6. The summed E-state index contributed by atoms with van der Waals surface area (Å²) in [5.41, 5.74) is 6.96. The maximum absolute atomic E-state index is 12.7. The molecule has 5 nitrogen and oxygen atoms in total. The van der Waals surface area contributed by atoms with Crippen LogP contribution in [-0.4, -0.2) is 22.8 Å². The number of methoxy groups -OCH3 is 1. The Morgan fingerprint density at radius 3 is 2.73 bits per heavy atom. The van der Waals surface area contributed by atoms with Gasteiger partial charge in [-0.25, -0.2) is 4.68 Å². The molecule has 1 amide bonds. The van der Waals surface area contributed by atoms with Crippen LogP contribution in [0.3, 0.4) is 0 Å². The van der Waals surface area contributed by atoms with Gasteiger partial charge in [-0.15, -0.1) is 0 Å². The van der Waals surface area contributed by atoms with Gasteiger partial charge in [-0.3, -0.25) is 4.79 Å². The number of aromatic nitrogens is 2. The molecule has 1 aliphatic carbocycles. The van der Waals surface area contributed by atoms with E-state index < -0.39 is 0 Å². The molecule has 0 aliphatic heterocycles. The lowest BCUT2D eigenvalue weighted by Gasteiger charge is -2.24. The molecule has 1 heterocycles. The fourth-order valence-corrected chi connectivity index (χ4v) is 4.43. The van der Waals surface area contributed by atoms with Gasteiger partial charge in [0.25, 0.3) is 0 Å². The molecular formula is C25H29N3O2. The molecule has 1 atom stereocenters. The third-order valence-corrected chi connectivity index (χ3v) is 5.78. The normalized spacial score (nSPS) is 15.5. The second-order valence-corrected chi connectivity index (χ2v) is 8.13. The predicted octanol–water partition coefficient (Wildman–Crippen LogP) is 4.62. The van der Waals surface area contributed by atoms with Crippen LogP contribution in [0.5, 0.6) is 5.75 Å². The van der Waals surface area contributed by atoms with Gasteiger partial charge in [-0.1, -0.05) is 24.3 Å². The van der Waals surface area contributed by atoms with Crippen molar-refractivity contribution in [3.63, 3.8) is 0 Å². The van der Waals surface area contributed by atoms with Gasteiger partial charge in [0.2, 0.25) is 5.91 Å². The molecule has 0 spiro atoms. The standard InChI is InChI=1S/C25H29N3O2/c1-17-13-18(2)15-20(14-17)28-23-9-6-8-22(21(23)16-26-28)27-25(29)12-11-19-7-4-5-10-24(19)30-3/h4-5,7,10,13-16,22H,6,8-9,11-12H2,1-3H3,(H,27,29). The molecule has 1 N–H and O–H groups in total. The molecule has 3 aromatic rings. The van der Waals surface area contributed by atoms with Crippen molar-refractivity contribution in [2.45, 2.75) is 52.0 Å². The number of rotatable bonds is 6. The molecule has 0 saturated heterocycles. The molecule has 5 heteroatoms.